The lowest BCUT2D eigenvalue weighted by molar-refractivity contribution is -0.135. The highest BCUT2D eigenvalue weighted by Gasteiger charge is 2.20. The van der Waals surface area contributed by atoms with Gasteiger partial charge in [-0.25, -0.2) is 4.79 Å². The van der Waals surface area contributed by atoms with Crippen LogP contribution >= 0.6 is 0 Å². The van der Waals surface area contributed by atoms with Crippen molar-refractivity contribution in [3.05, 3.63) is 29.8 Å². The van der Waals surface area contributed by atoms with E-state index in [9.17, 15) is 9.59 Å². The van der Waals surface area contributed by atoms with Crippen LogP contribution in [0.15, 0.2) is 24.3 Å². The van der Waals surface area contributed by atoms with Crippen molar-refractivity contribution >= 4 is 11.9 Å². The smallest absolute Gasteiger partial charge is 0.339 e. The minimum Gasteiger partial charge on any atom is -0.478 e. The highest BCUT2D eigenvalue weighted by atomic mass is 16.5. The van der Waals surface area contributed by atoms with Gasteiger partial charge in [0.05, 0.1) is 0 Å². The summed E-state index contributed by atoms with van der Waals surface area (Å²) in [4.78, 5) is 22.9. The van der Waals surface area contributed by atoms with Gasteiger partial charge in [0.2, 0.25) is 0 Å². The lowest BCUT2D eigenvalue weighted by Gasteiger charge is -2.22. The molecule has 0 aliphatic heterocycles. The number of hydrogen-bond acceptors (Lipinski definition) is 3. The fraction of sp³-hybridized carbons (Fsp3) is 0.500. The SMILES string of the molecule is CC(CC(=O)Oc1ccccc1C(=O)O)CC(C)(C)C. The number of para-hydroxylation sites is 1. The van der Waals surface area contributed by atoms with Gasteiger partial charge in [0.1, 0.15) is 11.3 Å². The predicted molar refractivity (Wildman–Crippen MR) is 76.9 cm³/mol. The molecule has 0 aliphatic rings. The number of carbonyl (C=O) groups excluding carboxylic acids is 1. The van der Waals surface area contributed by atoms with Crippen LogP contribution in [-0.4, -0.2) is 17.0 Å². The molecule has 4 nitrogen and oxygen atoms in total. The molecule has 0 heterocycles. The number of hydrogen-bond donors (Lipinski definition) is 1. The number of benzene rings is 1. The molecule has 1 aromatic carbocycles. The first-order valence-corrected chi connectivity index (χ1v) is 6.72. The van der Waals surface area contributed by atoms with Crippen molar-refractivity contribution < 1.29 is 19.4 Å². The number of rotatable bonds is 5. The number of carboxylic acid groups (broad SMARTS) is 1. The van der Waals surface area contributed by atoms with Crippen molar-refractivity contribution in [3.8, 4) is 5.75 Å². The van der Waals surface area contributed by atoms with Gasteiger partial charge in [0, 0.05) is 6.42 Å². The molecule has 0 radical (unpaired) electrons. The molecule has 0 amide bonds. The van der Waals surface area contributed by atoms with Gasteiger partial charge in [-0.15, -0.1) is 0 Å². The molecule has 110 valence electrons. The number of carbonyl (C=O) groups is 2. The van der Waals surface area contributed by atoms with Crippen LogP contribution in [0.1, 0.15) is 50.9 Å². The summed E-state index contributed by atoms with van der Waals surface area (Å²) in [7, 11) is 0. The van der Waals surface area contributed by atoms with Gasteiger partial charge in [-0.1, -0.05) is 39.8 Å². The summed E-state index contributed by atoms with van der Waals surface area (Å²) in [5.41, 5.74) is 0.155. The average Bonchev–Trinajstić information content (AvgIpc) is 2.26. The zero-order valence-corrected chi connectivity index (χ0v) is 12.5. The van der Waals surface area contributed by atoms with E-state index < -0.39 is 11.9 Å². The molecule has 0 bridgehead atoms. The van der Waals surface area contributed by atoms with Crippen LogP contribution in [0.25, 0.3) is 0 Å². The maximum Gasteiger partial charge on any atom is 0.339 e. The molecule has 1 N–H and O–H groups in total. The Hall–Kier alpha value is -1.84. The molecule has 0 spiro atoms. The van der Waals surface area contributed by atoms with E-state index in [1.54, 1.807) is 12.1 Å². The molecule has 0 saturated heterocycles. The van der Waals surface area contributed by atoms with Gasteiger partial charge in [0.15, 0.2) is 0 Å². The molecule has 1 atom stereocenters. The highest BCUT2D eigenvalue weighted by molar-refractivity contribution is 5.91. The van der Waals surface area contributed by atoms with Crippen molar-refractivity contribution in [3.63, 3.8) is 0 Å². The van der Waals surface area contributed by atoms with Gasteiger partial charge in [-0.05, 0) is 29.9 Å². The molecular weight excluding hydrogens is 256 g/mol. The van der Waals surface area contributed by atoms with Gasteiger partial charge in [0.25, 0.3) is 0 Å². The Morgan fingerprint density at radius 1 is 1.25 bits per heavy atom. The number of aromatic carboxylic acids is 1. The maximum absolute atomic E-state index is 11.9. The summed E-state index contributed by atoms with van der Waals surface area (Å²) >= 11 is 0. The summed E-state index contributed by atoms with van der Waals surface area (Å²) in [6, 6.07) is 6.16. The standard InChI is InChI=1S/C16H22O4/c1-11(10-16(2,3)4)9-14(17)20-13-8-6-5-7-12(13)15(18)19/h5-8,11H,9-10H2,1-4H3,(H,18,19). The molecule has 0 aliphatic carbocycles. The molecule has 1 rings (SSSR count). The van der Waals surface area contributed by atoms with Crippen molar-refractivity contribution in [2.24, 2.45) is 11.3 Å². The van der Waals surface area contributed by atoms with Gasteiger partial charge in [-0.3, -0.25) is 4.79 Å². The van der Waals surface area contributed by atoms with Gasteiger partial charge < -0.3 is 9.84 Å². The Kier molecular flexibility index (Phi) is 5.31. The second-order valence-electron chi connectivity index (χ2n) is 6.35. The Morgan fingerprint density at radius 3 is 2.40 bits per heavy atom. The van der Waals surface area contributed by atoms with Crippen LogP contribution in [0.3, 0.4) is 0 Å². The van der Waals surface area contributed by atoms with Gasteiger partial charge in [-0.2, -0.15) is 0 Å². The van der Waals surface area contributed by atoms with Crippen molar-refractivity contribution in [1.82, 2.24) is 0 Å². The van der Waals surface area contributed by atoms with Crippen molar-refractivity contribution in [2.45, 2.75) is 40.5 Å². The molecule has 0 aromatic heterocycles. The van der Waals surface area contributed by atoms with Crippen LogP contribution in [0.2, 0.25) is 0 Å². The third kappa shape index (κ3) is 5.43. The van der Waals surface area contributed by atoms with Crippen LogP contribution in [0.5, 0.6) is 5.75 Å². The third-order valence-corrected chi connectivity index (χ3v) is 2.82. The lowest BCUT2D eigenvalue weighted by atomic mass is 9.84. The molecule has 4 heteroatoms. The fourth-order valence-electron chi connectivity index (χ4n) is 2.30. The van der Waals surface area contributed by atoms with Crippen LogP contribution in [-0.2, 0) is 4.79 Å². The molecule has 20 heavy (non-hydrogen) atoms. The first kappa shape index (κ1) is 16.2. The van der Waals surface area contributed by atoms with E-state index in [4.69, 9.17) is 9.84 Å². The zero-order chi connectivity index (χ0) is 15.3. The Balaban J connectivity index is 2.66. The first-order valence-electron chi connectivity index (χ1n) is 6.72. The summed E-state index contributed by atoms with van der Waals surface area (Å²) in [6.07, 6.45) is 1.19. The molecular formula is C16H22O4. The normalized spacial score (nSPS) is 12.8. The second kappa shape index (κ2) is 6.55. The average molecular weight is 278 g/mol. The topological polar surface area (TPSA) is 63.6 Å². The lowest BCUT2D eigenvalue weighted by Crippen LogP contribution is -2.18. The maximum atomic E-state index is 11.9. The van der Waals surface area contributed by atoms with E-state index in [0.717, 1.165) is 6.42 Å². The van der Waals surface area contributed by atoms with E-state index in [1.165, 1.54) is 12.1 Å². The third-order valence-electron chi connectivity index (χ3n) is 2.82. The van der Waals surface area contributed by atoms with Crippen molar-refractivity contribution in [2.75, 3.05) is 0 Å². The predicted octanol–water partition coefficient (Wildman–Crippen LogP) is 3.75. The second-order valence-corrected chi connectivity index (χ2v) is 6.35. The minimum absolute atomic E-state index is 0.00400. The molecule has 0 fully saturated rings. The summed E-state index contributed by atoms with van der Waals surface area (Å²) in [6.45, 7) is 8.35. The number of ether oxygens (including phenoxy) is 1. The Bertz CT molecular complexity index is 485. The summed E-state index contributed by atoms with van der Waals surface area (Å²) in [5.74, 6) is -1.20. The van der Waals surface area contributed by atoms with E-state index in [2.05, 4.69) is 20.8 Å². The van der Waals surface area contributed by atoms with E-state index >= 15 is 0 Å². The van der Waals surface area contributed by atoms with E-state index in [-0.39, 0.29) is 29.1 Å². The van der Waals surface area contributed by atoms with E-state index in [1.807, 2.05) is 6.92 Å². The quantitative estimate of drug-likeness (QED) is 0.658. The molecule has 0 saturated carbocycles. The van der Waals surface area contributed by atoms with Crippen LogP contribution in [0.4, 0.5) is 0 Å². The van der Waals surface area contributed by atoms with Gasteiger partial charge >= 0.3 is 11.9 Å². The Morgan fingerprint density at radius 2 is 1.85 bits per heavy atom. The number of carboxylic acids is 1. The van der Waals surface area contributed by atoms with E-state index in [0.29, 0.717) is 0 Å². The molecule has 1 unspecified atom stereocenters. The Labute approximate surface area is 119 Å². The summed E-state index contributed by atoms with van der Waals surface area (Å²) < 4.78 is 5.17. The first-order chi connectivity index (χ1) is 9.19. The summed E-state index contributed by atoms with van der Waals surface area (Å²) in [5, 5.41) is 9.02. The molecule has 1 aromatic rings. The number of esters is 1. The van der Waals surface area contributed by atoms with Crippen LogP contribution in [0, 0.1) is 11.3 Å². The zero-order valence-electron chi connectivity index (χ0n) is 12.5. The van der Waals surface area contributed by atoms with Crippen LogP contribution < -0.4 is 4.74 Å². The monoisotopic (exact) mass is 278 g/mol. The fourth-order valence-corrected chi connectivity index (χ4v) is 2.30. The largest absolute Gasteiger partial charge is 0.478 e. The highest BCUT2D eigenvalue weighted by Crippen LogP contribution is 2.26. The minimum atomic E-state index is -1.10. The van der Waals surface area contributed by atoms with Crippen molar-refractivity contribution in [1.29, 1.82) is 0 Å².